The van der Waals surface area contributed by atoms with Crippen molar-refractivity contribution >= 4 is 34.1 Å². The number of phenols is 1. The van der Waals surface area contributed by atoms with Gasteiger partial charge in [-0.05, 0) is 61.7 Å². The van der Waals surface area contributed by atoms with Crippen molar-refractivity contribution in [3.8, 4) is 5.75 Å². The van der Waals surface area contributed by atoms with Gasteiger partial charge in [0.2, 0.25) is 11.9 Å². The summed E-state index contributed by atoms with van der Waals surface area (Å²) in [5, 5.41) is 17.8. The molecule has 1 atom stereocenters. The standard InChI is InChI=1S/C26H32N6O2/c1-17(2)23-22(33)10-5-18-16-28-26(30-24(18)23)29-19-6-8-20(9-7-19)31-12-14-32(15-13-31)25(34)21-4-3-11-27-21/h5-10,16-17,21,27,33H,3-4,11-15H2,1-2H3,(H,28,29,30). The van der Waals surface area contributed by atoms with E-state index >= 15 is 0 Å². The first kappa shape index (κ1) is 22.4. The Bertz CT molecular complexity index is 1170. The number of hydrogen-bond acceptors (Lipinski definition) is 7. The summed E-state index contributed by atoms with van der Waals surface area (Å²) in [6.45, 7) is 8.22. The monoisotopic (exact) mass is 460 g/mol. The molecule has 0 spiro atoms. The highest BCUT2D eigenvalue weighted by atomic mass is 16.3. The number of hydrogen-bond donors (Lipinski definition) is 3. The molecule has 178 valence electrons. The Hall–Kier alpha value is -3.39. The number of nitrogens with one attached hydrogen (secondary N) is 2. The molecule has 2 aromatic carbocycles. The van der Waals surface area contributed by atoms with Gasteiger partial charge in [0.1, 0.15) is 5.75 Å². The molecule has 3 N–H and O–H groups in total. The summed E-state index contributed by atoms with van der Waals surface area (Å²) in [7, 11) is 0. The second kappa shape index (κ2) is 9.46. The topological polar surface area (TPSA) is 93.6 Å². The fourth-order valence-electron chi connectivity index (χ4n) is 4.92. The van der Waals surface area contributed by atoms with Gasteiger partial charge in [-0.25, -0.2) is 9.97 Å². The van der Waals surface area contributed by atoms with E-state index in [1.807, 2.05) is 36.9 Å². The van der Waals surface area contributed by atoms with Crippen LogP contribution in [0, 0.1) is 0 Å². The summed E-state index contributed by atoms with van der Waals surface area (Å²) in [6.07, 6.45) is 3.82. The lowest BCUT2D eigenvalue weighted by atomic mass is 9.99. The molecule has 0 aliphatic carbocycles. The smallest absolute Gasteiger partial charge is 0.239 e. The Morgan fingerprint density at radius 1 is 1.12 bits per heavy atom. The molecule has 8 nitrogen and oxygen atoms in total. The number of rotatable bonds is 5. The van der Waals surface area contributed by atoms with Crippen molar-refractivity contribution < 1.29 is 9.90 Å². The van der Waals surface area contributed by atoms with Gasteiger partial charge < -0.3 is 25.5 Å². The number of carbonyl (C=O) groups is 1. The molecule has 2 fully saturated rings. The fourth-order valence-corrected chi connectivity index (χ4v) is 4.92. The zero-order chi connectivity index (χ0) is 23.7. The number of carbonyl (C=O) groups excluding carboxylic acids is 1. The van der Waals surface area contributed by atoms with Crippen LogP contribution in [0.25, 0.3) is 10.9 Å². The molecule has 5 rings (SSSR count). The van der Waals surface area contributed by atoms with Gasteiger partial charge in [0.15, 0.2) is 0 Å². The van der Waals surface area contributed by atoms with E-state index in [0.717, 1.165) is 73.4 Å². The van der Waals surface area contributed by atoms with E-state index in [1.54, 1.807) is 12.3 Å². The summed E-state index contributed by atoms with van der Waals surface area (Å²) in [4.78, 5) is 26.1. The summed E-state index contributed by atoms with van der Waals surface area (Å²) in [5.74, 6) is 1.16. The zero-order valence-electron chi connectivity index (χ0n) is 19.8. The molecular formula is C26H32N6O2. The molecule has 2 saturated heterocycles. The van der Waals surface area contributed by atoms with E-state index in [0.29, 0.717) is 5.95 Å². The Morgan fingerprint density at radius 2 is 1.88 bits per heavy atom. The van der Waals surface area contributed by atoms with Gasteiger partial charge in [0, 0.05) is 54.7 Å². The van der Waals surface area contributed by atoms with Gasteiger partial charge in [-0.2, -0.15) is 0 Å². The van der Waals surface area contributed by atoms with Gasteiger partial charge >= 0.3 is 0 Å². The SMILES string of the molecule is CC(C)c1c(O)ccc2cnc(Nc3ccc(N4CCN(C(=O)C5CCCN5)CC4)cc3)nc12. The van der Waals surface area contributed by atoms with Gasteiger partial charge in [-0.15, -0.1) is 0 Å². The number of anilines is 3. The van der Waals surface area contributed by atoms with Crippen LogP contribution in [0.15, 0.2) is 42.6 Å². The number of nitrogens with zero attached hydrogens (tertiary/aromatic N) is 4. The molecule has 1 unspecified atom stereocenters. The number of piperazine rings is 1. The summed E-state index contributed by atoms with van der Waals surface area (Å²) < 4.78 is 0. The lowest BCUT2D eigenvalue weighted by molar-refractivity contribution is -0.133. The third kappa shape index (κ3) is 4.50. The maximum absolute atomic E-state index is 12.6. The van der Waals surface area contributed by atoms with E-state index in [2.05, 4.69) is 37.6 Å². The molecule has 34 heavy (non-hydrogen) atoms. The van der Waals surface area contributed by atoms with E-state index in [4.69, 9.17) is 0 Å². The summed E-state index contributed by atoms with van der Waals surface area (Å²) in [5.41, 5.74) is 3.64. The van der Waals surface area contributed by atoms with Crippen LogP contribution < -0.4 is 15.5 Å². The van der Waals surface area contributed by atoms with Crippen LogP contribution in [0.1, 0.15) is 38.2 Å². The number of benzene rings is 2. The van der Waals surface area contributed by atoms with Crippen molar-refractivity contribution in [1.82, 2.24) is 20.2 Å². The molecule has 1 amide bonds. The van der Waals surface area contributed by atoms with E-state index in [1.165, 1.54) is 0 Å². The predicted molar refractivity (Wildman–Crippen MR) is 135 cm³/mol. The second-order valence-corrected chi connectivity index (χ2v) is 9.42. The first-order valence-corrected chi connectivity index (χ1v) is 12.1. The van der Waals surface area contributed by atoms with Crippen molar-refractivity contribution in [3.05, 3.63) is 48.2 Å². The third-order valence-electron chi connectivity index (χ3n) is 6.78. The lowest BCUT2D eigenvalue weighted by Crippen LogP contribution is -2.53. The average Bonchev–Trinajstić information content (AvgIpc) is 3.39. The Labute approximate surface area is 200 Å². The van der Waals surface area contributed by atoms with Crippen LogP contribution in [0.3, 0.4) is 0 Å². The summed E-state index contributed by atoms with van der Waals surface area (Å²) >= 11 is 0. The summed E-state index contributed by atoms with van der Waals surface area (Å²) in [6, 6.07) is 11.8. The highest BCUT2D eigenvalue weighted by molar-refractivity contribution is 5.85. The minimum Gasteiger partial charge on any atom is -0.508 e. The van der Waals surface area contributed by atoms with Crippen LogP contribution in [0.4, 0.5) is 17.3 Å². The molecule has 2 aliphatic rings. The number of phenolic OH excluding ortho intramolecular Hbond substituents is 1. The Balaban J connectivity index is 1.24. The predicted octanol–water partition coefficient (Wildman–Crippen LogP) is 3.60. The Morgan fingerprint density at radius 3 is 2.56 bits per heavy atom. The first-order chi connectivity index (χ1) is 16.5. The van der Waals surface area contributed by atoms with Crippen LogP contribution in [-0.2, 0) is 4.79 Å². The molecular weight excluding hydrogens is 428 g/mol. The van der Waals surface area contributed by atoms with Gasteiger partial charge in [0.05, 0.1) is 11.6 Å². The Kier molecular flexibility index (Phi) is 6.24. The average molecular weight is 461 g/mol. The van der Waals surface area contributed by atoms with Crippen molar-refractivity contribution in [2.45, 2.75) is 38.6 Å². The minimum atomic E-state index is 0.00909. The molecule has 1 aromatic heterocycles. The largest absolute Gasteiger partial charge is 0.508 e. The van der Waals surface area contributed by atoms with Crippen LogP contribution in [-0.4, -0.2) is 64.6 Å². The molecule has 2 aliphatic heterocycles. The number of fused-ring (bicyclic) bond motifs is 1. The quantitative estimate of drug-likeness (QED) is 0.536. The highest BCUT2D eigenvalue weighted by Gasteiger charge is 2.29. The van der Waals surface area contributed by atoms with Crippen LogP contribution in [0.5, 0.6) is 5.75 Å². The third-order valence-corrected chi connectivity index (χ3v) is 6.78. The lowest BCUT2D eigenvalue weighted by Gasteiger charge is -2.37. The van der Waals surface area contributed by atoms with Crippen LogP contribution >= 0.6 is 0 Å². The van der Waals surface area contributed by atoms with E-state index in [-0.39, 0.29) is 23.6 Å². The molecule has 0 radical (unpaired) electrons. The van der Waals surface area contributed by atoms with Crippen LogP contribution in [0.2, 0.25) is 0 Å². The molecule has 8 heteroatoms. The first-order valence-electron chi connectivity index (χ1n) is 12.1. The van der Waals surface area contributed by atoms with Crippen molar-refractivity contribution in [1.29, 1.82) is 0 Å². The fraction of sp³-hybridized carbons (Fsp3) is 0.423. The molecule has 0 saturated carbocycles. The maximum Gasteiger partial charge on any atom is 0.239 e. The molecule has 0 bridgehead atoms. The number of aromatic nitrogens is 2. The zero-order valence-corrected chi connectivity index (χ0v) is 19.8. The van der Waals surface area contributed by atoms with E-state index in [9.17, 15) is 9.90 Å². The van der Waals surface area contributed by atoms with Crippen molar-refractivity contribution in [2.24, 2.45) is 0 Å². The van der Waals surface area contributed by atoms with Crippen molar-refractivity contribution in [2.75, 3.05) is 42.9 Å². The molecule has 3 heterocycles. The second-order valence-electron chi connectivity index (χ2n) is 9.42. The maximum atomic E-state index is 12.6. The number of aromatic hydroxyl groups is 1. The highest BCUT2D eigenvalue weighted by Crippen LogP contribution is 2.32. The van der Waals surface area contributed by atoms with Gasteiger partial charge in [-0.1, -0.05) is 13.8 Å². The molecule has 3 aromatic rings. The van der Waals surface area contributed by atoms with Crippen molar-refractivity contribution in [3.63, 3.8) is 0 Å². The number of amides is 1. The van der Waals surface area contributed by atoms with Gasteiger partial charge in [0.25, 0.3) is 0 Å². The van der Waals surface area contributed by atoms with E-state index < -0.39 is 0 Å². The minimum absolute atomic E-state index is 0.00909. The normalized spacial score (nSPS) is 18.6. The van der Waals surface area contributed by atoms with Gasteiger partial charge in [-0.3, -0.25) is 4.79 Å².